The number of likely N-dealkylation sites (tertiary alicyclic amines) is 1. The molecule has 0 bridgehead atoms. The quantitative estimate of drug-likeness (QED) is 0.714. The van der Waals surface area contributed by atoms with Crippen molar-refractivity contribution in [3.63, 3.8) is 0 Å². The summed E-state index contributed by atoms with van der Waals surface area (Å²) < 4.78 is 3.05. The second kappa shape index (κ2) is 6.64. The van der Waals surface area contributed by atoms with E-state index in [1.54, 1.807) is 11.6 Å². The predicted octanol–water partition coefficient (Wildman–Crippen LogP) is 2.38. The summed E-state index contributed by atoms with van der Waals surface area (Å²) in [6, 6.07) is 9.05. The first-order valence-corrected chi connectivity index (χ1v) is 9.32. The fourth-order valence-corrected chi connectivity index (χ4v) is 3.84. The molecule has 0 spiro atoms. The van der Waals surface area contributed by atoms with E-state index in [-0.39, 0.29) is 11.5 Å². The molecular weight excluding hydrogens is 342 g/mol. The standard InChI is InChI=1S/C20H23N5O2/c1-13-17-14(2)24(16-9-5-4-6-10-16)22-18(17)20(27)25(21-13)15(3)19(26)23-11-7-8-12-23/h4-6,9-10,15H,7-8,11-12H2,1-3H3/t15-/m1/s1. The van der Waals surface area contributed by atoms with Gasteiger partial charge in [0.1, 0.15) is 6.04 Å². The highest BCUT2D eigenvalue weighted by Gasteiger charge is 2.27. The summed E-state index contributed by atoms with van der Waals surface area (Å²) in [6.45, 7) is 7.03. The van der Waals surface area contributed by atoms with Gasteiger partial charge in [0.2, 0.25) is 5.91 Å². The lowest BCUT2D eigenvalue weighted by Gasteiger charge is -2.21. The van der Waals surface area contributed by atoms with Gasteiger partial charge in [-0.05, 0) is 45.7 Å². The molecule has 1 saturated heterocycles. The minimum absolute atomic E-state index is 0.0555. The zero-order valence-electron chi connectivity index (χ0n) is 15.8. The van der Waals surface area contributed by atoms with E-state index in [0.29, 0.717) is 11.2 Å². The van der Waals surface area contributed by atoms with Crippen LogP contribution in [0.25, 0.3) is 16.6 Å². The number of aromatic nitrogens is 4. The average Bonchev–Trinajstić information content (AvgIpc) is 3.33. The SMILES string of the molecule is Cc1nn([C@H](C)C(=O)N2CCCC2)c(=O)c2nn(-c3ccccc3)c(C)c12. The van der Waals surface area contributed by atoms with Gasteiger partial charge in [-0.3, -0.25) is 9.59 Å². The number of benzene rings is 1. The number of aryl methyl sites for hydroxylation is 2. The second-order valence-electron chi connectivity index (χ2n) is 7.10. The monoisotopic (exact) mass is 365 g/mol. The fourth-order valence-electron chi connectivity index (χ4n) is 3.84. The maximum absolute atomic E-state index is 13.1. The molecule has 4 rings (SSSR count). The van der Waals surface area contributed by atoms with Crippen LogP contribution in [-0.2, 0) is 4.79 Å². The van der Waals surface area contributed by atoms with E-state index in [9.17, 15) is 9.59 Å². The van der Waals surface area contributed by atoms with Gasteiger partial charge in [0.25, 0.3) is 5.56 Å². The molecular formula is C20H23N5O2. The summed E-state index contributed by atoms with van der Waals surface area (Å²) in [5.74, 6) is -0.0555. The normalized spacial score (nSPS) is 15.4. The van der Waals surface area contributed by atoms with Crippen molar-refractivity contribution in [3.05, 3.63) is 52.1 Å². The average molecular weight is 365 g/mol. The lowest BCUT2D eigenvalue weighted by molar-refractivity contribution is -0.133. The van der Waals surface area contributed by atoms with Gasteiger partial charge in [-0.2, -0.15) is 10.2 Å². The first kappa shape index (κ1) is 17.5. The van der Waals surface area contributed by atoms with Crippen molar-refractivity contribution in [1.82, 2.24) is 24.5 Å². The second-order valence-corrected chi connectivity index (χ2v) is 7.10. The van der Waals surface area contributed by atoms with E-state index in [2.05, 4.69) is 10.2 Å². The Hall–Kier alpha value is -2.96. The van der Waals surface area contributed by atoms with E-state index in [0.717, 1.165) is 42.7 Å². The van der Waals surface area contributed by atoms with Gasteiger partial charge in [0.15, 0.2) is 5.52 Å². The van der Waals surface area contributed by atoms with Crippen LogP contribution in [0.1, 0.15) is 37.2 Å². The summed E-state index contributed by atoms with van der Waals surface area (Å²) in [6.07, 6.45) is 2.03. The molecule has 27 heavy (non-hydrogen) atoms. The first-order chi connectivity index (χ1) is 13.0. The molecule has 140 valence electrons. The molecule has 0 radical (unpaired) electrons. The molecule has 1 amide bonds. The lowest BCUT2D eigenvalue weighted by Crippen LogP contribution is -2.39. The first-order valence-electron chi connectivity index (χ1n) is 9.32. The van der Waals surface area contributed by atoms with Crippen LogP contribution >= 0.6 is 0 Å². The van der Waals surface area contributed by atoms with Crippen LogP contribution in [-0.4, -0.2) is 43.5 Å². The molecule has 3 aromatic rings. The van der Waals surface area contributed by atoms with Crippen molar-refractivity contribution in [2.45, 2.75) is 39.7 Å². The van der Waals surface area contributed by atoms with Crippen LogP contribution in [0.4, 0.5) is 0 Å². The highest BCUT2D eigenvalue weighted by molar-refractivity contribution is 5.84. The van der Waals surface area contributed by atoms with Crippen molar-refractivity contribution in [3.8, 4) is 5.69 Å². The molecule has 1 aromatic carbocycles. The molecule has 1 fully saturated rings. The number of hydrogen-bond donors (Lipinski definition) is 0. The highest BCUT2D eigenvalue weighted by Crippen LogP contribution is 2.22. The molecule has 0 saturated carbocycles. The van der Waals surface area contributed by atoms with Crippen LogP contribution < -0.4 is 5.56 Å². The van der Waals surface area contributed by atoms with Gasteiger partial charge in [-0.15, -0.1) is 0 Å². The lowest BCUT2D eigenvalue weighted by atomic mass is 10.2. The van der Waals surface area contributed by atoms with Gasteiger partial charge < -0.3 is 4.90 Å². The van der Waals surface area contributed by atoms with E-state index >= 15 is 0 Å². The highest BCUT2D eigenvalue weighted by atomic mass is 16.2. The number of carbonyl (C=O) groups excluding carboxylic acids is 1. The van der Waals surface area contributed by atoms with Gasteiger partial charge in [-0.25, -0.2) is 9.36 Å². The molecule has 2 aromatic heterocycles. The Morgan fingerprint density at radius 3 is 2.41 bits per heavy atom. The summed E-state index contributed by atoms with van der Waals surface area (Å²) in [7, 11) is 0. The Morgan fingerprint density at radius 1 is 1.07 bits per heavy atom. The zero-order chi connectivity index (χ0) is 19.1. The van der Waals surface area contributed by atoms with Gasteiger partial charge in [0, 0.05) is 13.1 Å². The Morgan fingerprint density at radius 2 is 1.74 bits per heavy atom. The molecule has 7 nitrogen and oxygen atoms in total. The molecule has 3 heterocycles. The summed E-state index contributed by atoms with van der Waals surface area (Å²) in [5, 5.41) is 9.78. The topological polar surface area (TPSA) is 73.0 Å². The minimum atomic E-state index is -0.638. The Labute approximate surface area is 157 Å². The maximum atomic E-state index is 13.1. The third kappa shape index (κ3) is 2.83. The largest absolute Gasteiger partial charge is 0.341 e. The van der Waals surface area contributed by atoms with E-state index in [4.69, 9.17) is 0 Å². The Kier molecular flexibility index (Phi) is 4.30. The number of amides is 1. The van der Waals surface area contributed by atoms with Gasteiger partial charge in [0.05, 0.1) is 22.5 Å². The number of rotatable bonds is 3. The van der Waals surface area contributed by atoms with E-state index in [1.165, 1.54) is 4.68 Å². The number of nitrogens with zero attached hydrogens (tertiary/aromatic N) is 5. The van der Waals surface area contributed by atoms with Crippen LogP contribution in [0.3, 0.4) is 0 Å². The Balaban J connectivity index is 1.84. The van der Waals surface area contributed by atoms with Crippen molar-refractivity contribution < 1.29 is 4.79 Å². The maximum Gasteiger partial charge on any atom is 0.295 e. The molecule has 0 N–H and O–H groups in total. The minimum Gasteiger partial charge on any atom is -0.341 e. The van der Waals surface area contributed by atoms with Gasteiger partial charge in [-0.1, -0.05) is 18.2 Å². The molecule has 0 aliphatic carbocycles. The number of carbonyl (C=O) groups is 1. The number of para-hydroxylation sites is 1. The summed E-state index contributed by atoms with van der Waals surface area (Å²) in [4.78, 5) is 27.6. The van der Waals surface area contributed by atoms with Crippen LogP contribution in [0, 0.1) is 13.8 Å². The fraction of sp³-hybridized carbons (Fsp3) is 0.400. The summed E-state index contributed by atoms with van der Waals surface area (Å²) in [5.41, 5.74) is 2.48. The Bertz CT molecular complexity index is 1060. The van der Waals surface area contributed by atoms with E-state index < -0.39 is 6.04 Å². The molecule has 1 aliphatic rings. The third-order valence-corrected chi connectivity index (χ3v) is 5.29. The van der Waals surface area contributed by atoms with Crippen molar-refractivity contribution in [2.75, 3.05) is 13.1 Å². The molecule has 1 aliphatic heterocycles. The molecule has 7 heteroatoms. The van der Waals surface area contributed by atoms with E-state index in [1.807, 2.05) is 49.1 Å². The van der Waals surface area contributed by atoms with Crippen molar-refractivity contribution >= 4 is 16.8 Å². The van der Waals surface area contributed by atoms with Crippen molar-refractivity contribution in [2.24, 2.45) is 0 Å². The van der Waals surface area contributed by atoms with Crippen molar-refractivity contribution in [1.29, 1.82) is 0 Å². The third-order valence-electron chi connectivity index (χ3n) is 5.29. The summed E-state index contributed by atoms with van der Waals surface area (Å²) >= 11 is 0. The number of hydrogen-bond acceptors (Lipinski definition) is 4. The zero-order valence-corrected chi connectivity index (χ0v) is 15.8. The van der Waals surface area contributed by atoms with Crippen LogP contribution in [0.5, 0.6) is 0 Å². The van der Waals surface area contributed by atoms with Crippen LogP contribution in [0.2, 0.25) is 0 Å². The van der Waals surface area contributed by atoms with Gasteiger partial charge >= 0.3 is 0 Å². The van der Waals surface area contributed by atoms with Crippen LogP contribution in [0.15, 0.2) is 35.1 Å². The number of fused-ring (bicyclic) bond motifs is 1. The molecule has 1 atom stereocenters. The smallest absolute Gasteiger partial charge is 0.295 e. The molecule has 0 unspecified atom stereocenters. The predicted molar refractivity (Wildman–Crippen MR) is 103 cm³/mol.